The Morgan fingerprint density at radius 3 is 2.46 bits per heavy atom. The summed E-state index contributed by atoms with van der Waals surface area (Å²) in [6.45, 7) is 4.01. The smallest absolute Gasteiger partial charge is 0.323 e. The number of hydrogen-bond donors (Lipinski definition) is 3. The Morgan fingerprint density at radius 2 is 1.75 bits per heavy atom. The summed E-state index contributed by atoms with van der Waals surface area (Å²) < 4.78 is 5.27. The van der Waals surface area contributed by atoms with Crippen molar-refractivity contribution in [3.63, 3.8) is 0 Å². The van der Waals surface area contributed by atoms with Crippen molar-refractivity contribution in [2.75, 3.05) is 31.6 Å². The summed E-state index contributed by atoms with van der Waals surface area (Å²) in [5.74, 6) is 1.54. The number of aromatic amines is 2. The number of ether oxygens (including phenoxy) is 1. The van der Waals surface area contributed by atoms with Crippen LogP contribution in [0.15, 0.2) is 47.3 Å². The molecule has 1 aliphatic rings. The van der Waals surface area contributed by atoms with Crippen LogP contribution in [0.2, 0.25) is 0 Å². The average molecular weight is 403 g/mol. The van der Waals surface area contributed by atoms with Gasteiger partial charge in [0.1, 0.15) is 5.75 Å². The maximum atomic E-state index is 11.6. The number of piperidine rings is 1. The van der Waals surface area contributed by atoms with Crippen LogP contribution in [-0.4, -0.2) is 36.7 Å². The molecular weight excluding hydrogens is 376 g/mol. The van der Waals surface area contributed by atoms with Crippen LogP contribution < -0.4 is 20.6 Å². The molecule has 0 atom stereocenters. The number of nitrogens with zero attached hydrogens (tertiary/aromatic N) is 1. The molecule has 3 aromatic rings. The van der Waals surface area contributed by atoms with Gasteiger partial charge in [-0.2, -0.15) is 0 Å². The van der Waals surface area contributed by atoms with Gasteiger partial charge in [0, 0.05) is 18.8 Å². The number of anilines is 1. The van der Waals surface area contributed by atoms with E-state index in [-0.39, 0.29) is 18.1 Å². The Kier molecular flexibility index (Phi) is 6.65. The zero-order chi connectivity index (χ0) is 18.6. The fourth-order valence-electron chi connectivity index (χ4n) is 3.81. The van der Waals surface area contributed by atoms with Crippen molar-refractivity contribution < 1.29 is 4.74 Å². The van der Waals surface area contributed by atoms with E-state index in [1.807, 2.05) is 18.2 Å². The number of halogens is 1. The first kappa shape index (κ1) is 20.3. The molecule has 0 aliphatic carbocycles. The number of aromatic nitrogens is 2. The van der Waals surface area contributed by atoms with Gasteiger partial charge in [-0.05, 0) is 67.7 Å². The minimum absolute atomic E-state index is 0. The summed E-state index contributed by atoms with van der Waals surface area (Å²) in [5, 5.41) is 3.44. The lowest BCUT2D eigenvalue weighted by Gasteiger charge is -2.32. The Balaban J connectivity index is 0.00000225. The summed E-state index contributed by atoms with van der Waals surface area (Å²) in [6.07, 6.45) is 2.39. The molecule has 150 valence electrons. The van der Waals surface area contributed by atoms with Gasteiger partial charge in [-0.3, -0.25) is 0 Å². The number of nitrogens with one attached hydrogen (secondary N) is 3. The molecule has 1 aliphatic heterocycles. The van der Waals surface area contributed by atoms with Gasteiger partial charge >= 0.3 is 5.69 Å². The molecule has 2 aromatic carbocycles. The Morgan fingerprint density at radius 1 is 1.04 bits per heavy atom. The molecule has 0 saturated carbocycles. The molecule has 3 N–H and O–H groups in total. The summed E-state index contributed by atoms with van der Waals surface area (Å²) in [6, 6.07) is 14.4. The third-order valence-electron chi connectivity index (χ3n) is 5.33. The first-order valence-electron chi connectivity index (χ1n) is 9.52. The molecule has 0 radical (unpaired) electrons. The lowest BCUT2D eigenvalue weighted by atomic mass is 9.97. The van der Waals surface area contributed by atoms with Crippen LogP contribution in [0.3, 0.4) is 0 Å². The molecule has 2 heterocycles. The average Bonchev–Trinajstić information content (AvgIpc) is 3.08. The van der Waals surface area contributed by atoms with Crippen LogP contribution >= 0.6 is 12.4 Å². The topological polar surface area (TPSA) is 73.2 Å². The monoisotopic (exact) mass is 402 g/mol. The van der Waals surface area contributed by atoms with Crippen molar-refractivity contribution in [3.05, 3.63) is 58.5 Å². The third-order valence-corrected chi connectivity index (χ3v) is 5.33. The quantitative estimate of drug-likeness (QED) is 0.591. The second kappa shape index (κ2) is 9.17. The van der Waals surface area contributed by atoms with E-state index in [0.29, 0.717) is 5.92 Å². The van der Waals surface area contributed by atoms with Gasteiger partial charge < -0.3 is 24.9 Å². The van der Waals surface area contributed by atoms with Gasteiger partial charge in [-0.15, -0.1) is 12.4 Å². The zero-order valence-corrected chi connectivity index (χ0v) is 16.8. The molecule has 28 heavy (non-hydrogen) atoms. The molecule has 1 aromatic heterocycles. The number of hydrogen-bond acceptors (Lipinski definition) is 4. The van der Waals surface area contributed by atoms with E-state index in [9.17, 15) is 4.79 Å². The van der Waals surface area contributed by atoms with Crippen LogP contribution in [0.1, 0.15) is 18.4 Å². The number of imidazole rings is 1. The summed E-state index contributed by atoms with van der Waals surface area (Å²) >= 11 is 0. The first-order chi connectivity index (χ1) is 13.2. The molecule has 0 amide bonds. The molecule has 0 unspecified atom stereocenters. The summed E-state index contributed by atoms with van der Waals surface area (Å²) in [4.78, 5) is 19.7. The fourth-order valence-corrected chi connectivity index (χ4v) is 3.81. The van der Waals surface area contributed by atoms with Gasteiger partial charge in [-0.25, -0.2) is 4.79 Å². The zero-order valence-electron chi connectivity index (χ0n) is 16.0. The van der Waals surface area contributed by atoms with Gasteiger partial charge in [-0.1, -0.05) is 12.1 Å². The van der Waals surface area contributed by atoms with Crippen molar-refractivity contribution in [2.24, 2.45) is 5.92 Å². The molecule has 1 fully saturated rings. The fraction of sp³-hybridized carbons (Fsp3) is 0.381. The minimum Gasteiger partial charge on any atom is -0.497 e. The predicted molar refractivity (Wildman–Crippen MR) is 116 cm³/mol. The van der Waals surface area contributed by atoms with E-state index >= 15 is 0 Å². The van der Waals surface area contributed by atoms with E-state index in [2.05, 4.69) is 44.5 Å². The Bertz CT molecular complexity index is 945. The summed E-state index contributed by atoms with van der Waals surface area (Å²) in [7, 11) is 1.69. The molecule has 6 nitrogen and oxygen atoms in total. The van der Waals surface area contributed by atoms with Crippen LogP contribution in [0.25, 0.3) is 11.0 Å². The van der Waals surface area contributed by atoms with Crippen molar-refractivity contribution in [1.29, 1.82) is 0 Å². The van der Waals surface area contributed by atoms with E-state index in [4.69, 9.17) is 4.74 Å². The van der Waals surface area contributed by atoms with E-state index in [0.717, 1.165) is 48.6 Å². The molecule has 7 heteroatoms. The maximum absolute atomic E-state index is 11.6. The number of rotatable bonds is 6. The number of benzene rings is 2. The van der Waals surface area contributed by atoms with Crippen LogP contribution in [0.5, 0.6) is 5.75 Å². The molecule has 4 rings (SSSR count). The van der Waals surface area contributed by atoms with Crippen molar-refractivity contribution in [1.82, 2.24) is 15.3 Å². The second-order valence-electron chi connectivity index (χ2n) is 7.23. The van der Waals surface area contributed by atoms with Crippen LogP contribution in [0.4, 0.5) is 5.69 Å². The van der Waals surface area contributed by atoms with Crippen molar-refractivity contribution in [2.45, 2.75) is 19.4 Å². The van der Waals surface area contributed by atoms with Gasteiger partial charge in [0.15, 0.2) is 0 Å². The molecular formula is C21H27ClN4O2. The van der Waals surface area contributed by atoms with E-state index in [1.54, 1.807) is 7.11 Å². The van der Waals surface area contributed by atoms with E-state index < -0.39 is 0 Å². The maximum Gasteiger partial charge on any atom is 0.323 e. The third kappa shape index (κ3) is 4.69. The normalized spacial score (nSPS) is 14.6. The van der Waals surface area contributed by atoms with Crippen molar-refractivity contribution >= 4 is 29.1 Å². The Hall–Kier alpha value is -2.44. The first-order valence-corrected chi connectivity index (χ1v) is 9.52. The SMILES string of the molecule is COc1ccc(CN(CC2CCNCC2)c2ccc3[nH]c(=O)[nH]c3c2)cc1.Cl. The predicted octanol–water partition coefficient (Wildman–Crippen LogP) is 3.29. The highest BCUT2D eigenvalue weighted by Crippen LogP contribution is 2.25. The minimum atomic E-state index is -0.165. The number of fused-ring (bicyclic) bond motifs is 1. The molecule has 0 bridgehead atoms. The van der Waals surface area contributed by atoms with Gasteiger partial charge in [0.05, 0.1) is 18.1 Å². The number of H-pyrrole nitrogens is 2. The van der Waals surface area contributed by atoms with Crippen LogP contribution in [-0.2, 0) is 6.54 Å². The largest absolute Gasteiger partial charge is 0.497 e. The highest BCUT2D eigenvalue weighted by molar-refractivity contribution is 5.85. The van der Waals surface area contributed by atoms with Crippen LogP contribution in [0, 0.1) is 5.92 Å². The highest BCUT2D eigenvalue weighted by atomic mass is 35.5. The highest BCUT2D eigenvalue weighted by Gasteiger charge is 2.18. The Labute approximate surface area is 170 Å². The molecule has 0 spiro atoms. The lowest BCUT2D eigenvalue weighted by molar-refractivity contribution is 0.373. The van der Waals surface area contributed by atoms with E-state index in [1.165, 1.54) is 18.4 Å². The summed E-state index contributed by atoms with van der Waals surface area (Å²) in [5.41, 5.74) is 3.90. The van der Waals surface area contributed by atoms with Gasteiger partial charge in [0.25, 0.3) is 0 Å². The number of methoxy groups -OCH3 is 1. The van der Waals surface area contributed by atoms with Crippen molar-refractivity contribution in [3.8, 4) is 5.75 Å². The standard InChI is InChI=1S/C21H26N4O2.ClH/c1-27-18-5-2-15(3-6-18)13-25(14-16-8-10-22-11-9-16)17-4-7-19-20(12-17)24-21(26)23-19;/h2-7,12,16,22H,8-11,13-14H2,1H3,(H2,23,24,26);1H. The lowest BCUT2D eigenvalue weighted by Crippen LogP contribution is -2.36. The molecule has 1 saturated heterocycles. The second-order valence-corrected chi connectivity index (χ2v) is 7.23. The van der Waals surface area contributed by atoms with Gasteiger partial charge in [0.2, 0.25) is 0 Å².